The number of nitrogens with zero attached hydrogens (tertiary/aromatic N) is 1. The molecule has 0 atom stereocenters. The van der Waals surface area contributed by atoms with Crippen molar-refractivity contribution in [3.05, 3.63) is 54.2 Å². The minimum Gasteiger partial charge on any atom is -0.469 e. The quantitative estimate of drug-likeness (QED) is 0.683. The zero-order valence-corrected chi connectivity index (χ0v) is 16.7. The highest BCUT2D eigenvalue weighted by molar-refractivity contribution is 5.95. The SMILES string of the molecule is CC(C)(C)N(CC(=O)Nc1ccc(F)cc1)C(=O)COC(=O)CCc1ccco1. The molecule has 1 N–H and O–H groups in total. The Balaban J connectivity index is 1.87. The first kappa shape index (κ1) is 22.1. The van der Waals surface area contributed by atoms with Crippen LogP contribution in [0.3, 0.4) is 0 Å². The number of hydrogen-bond donors (Lipinski definition) is 1. The fourth-order valence-corrected chi connectivity index (χ4v) is 2.55. The lowest BCUT2D eigenvalue weighted by atomic mass is 10.1. The van der Waals surface area contributed by atoms with Crippen LogP contribution in [0.4, 0.5) is 10.1 Å². The molecule has 0 aliphatic heterocycles. The fourth-order valence-electron chi connectivity index (χ4n) is 2.55. The molecule has 0 fully saturated rings. The summed E-state index contributed by atoms with van der Waals surface area (Å²) in [6.07, 6.45) is 1.98. The first-order valence-electron chi connectivity index (χ1n) is 9.19. The summed E-state index contributed by atoms with van der Waals surface area (Å²) < 4.78 is 23.2. The first-order valence-corrected chi connectivity index (χ1v) is 9.19. The standard InChI is InChI=1S/C21H25FN2O5/c1-21(2,3)24(13-18(25)23-16-8-6-15(22)7-9-16)19(26)14-29-20(27)11-10-17-5-4-12-28-17/h4-9,12H,10-11,13-14H2,1-3H3,(H,23,25). The molecule has 1 heterocycles. The van der Waals surface area contributed by atoms with Gasteiger partial charge in [0.2, 0.25) is 5.91 Å². The molecule has 0 aliphatic carbocycles. The van der Waals surface area contributed by atoms with Gasteiger partial charge in [-0.1, -0.05) is 0 Å². The van der Waals surface area contributed by atoms with E-state index in [1.807, 2.05) is 0 Å². The Labute approximate surface area is 168 Å². The number of nitrogens with one attached hydrogen (secondary N) is 1. The lowest BCUT2D eigenvalue weighted by Crippen LogP contribution is -2.50. The second kappa shape index (κ2) is 9.86. The van der Waals surface area contributed by atoms with Gasteiger partial charge in [-0.25, -0.2) is 4.39 Å². The maximum atomic E-state index is 13.0. The van der Waals surface area contributed by atoms with E-state index in [9.17, 15) is 18.8 Å². The van der Waals surface area contributed by atoms with Crippen LogP contribution in [-0.2, 0) is 25.5 Å². The third kappa shape index (κ3) is 7.40. The number of carbonyl (C=O) groups is 3. The molecule has 2 rings (SSSR count). The smallest absolute Gasteiger partial charge is 0.306 e. The number of aryl methyl sites for hydroxylation is 1. The summed E-state index contributed by atoms with van der Waals surface area (Å²) in [7, 11) is 0. The highest BCUT2D eigenvalue weighted by Gasteiger charge is 2.29. The molecule has 156 valence electrons. The molecule has 0 spiro atoms. The molecular formula is C21H25FN2O5. The molecule has 8 heteroatoms. The molecule has 0 radical (unpaired) electrons. The van der Waals surface area contributed by atoms with E-state index in [2.05, 4.69) is 5.32 Å². The highest BCUT2D eigenvalue weighted by Crippen LogP contribution is 2.15. The van der Waals surface area contributed by atoms with E-state index >= 15 is 0 Å². The van der Waals surface area contributed by atoms with Crippen LogP contribution in [-0.4, -0.2) is 41.4 Å². The Hall–Kier alpha value is -3.16. The lowest BCUT2D eigenvalue weighted by molar-refractivity contribution is -0.154. The Morgan fingerprint density at radius 2 is 1.83 bits per heavy atom. The van der Waals surface area contributed by atoms with Crippen LogP contribution in [0.2, 0.25) is 0 Å². The Kier molecular flexibility index (Phi) is 7.52. The van der Waals surface area contributed by atoms with E-state index < -0.39 is 35.7 Å². The molecule has 0 saturated carbocycles. The molecule has 0 saturated heterocycles. The molecule has 7 nitrogen and oxygen atoms in total. The number of rotatable bonds is 8. The van der Waals surface area contributed by atoms with Crippen molar-refractivity contribution >= 4 is 23.5 Å². The average molecular weight is 404 g/mol. The molecule has 0 bridgehead atoms. The van der Waals surface area contributed by atoms with Crippen LogP contribution < -0.4 is 5.32 Å². The molecule has 29 heavy (non-hydrogen) atoms. The minimum atomic E-state index is -0.669. The summed E-state index contributed by atoms with van der Waals surface area (Å²) in [5, 5.41) is 2.61. The van der Waals surface area contributed by atoms with Crippen molar-refractivity contribution in [2.45, 2.75) is 39.2 Å². The highest BCUT2D eigenvalue weighted by atomic mass is 19.1. The van der Waals surface area contributed by atoms with Crippen LogP contribution in [0.1, 0.15) is 33.0 Å². The summed E-state index contributed by atoms with van der Waals surface area (Å²) in [6.45, 7) is 4.63. The van der Waals surface area contributed by atoms with Gasteiger partial charge in [0.05, 0.1) is 12.7 Å². The van der Waals surface area contributed by atoms with E-state index in [-0.39, 0.29) is 13.0 Å². The molecule has 1 aromatic heterocycles. The number of benzene rings is 1. The van der Waals surface area contributed by atoms with Crippen LogP contribution >= 0.6 is 0 Å². The number of esters is 1. The second-order valence-electron chi connectivity index (χ2n) is 7.45. The van der Waals surface area contributed by atoms with Crippen molar-refractivity contribution in [3.63, 3.8) is 0 Å². The summed E-state index contributed by atoms with van der Waals surface area (Å²) in [5.41, 5.74) is -0.250. The van der Waals surface area contributed by atoms with Gasteiger partial charge in [-0.2, -0.15) is 0 Å². The van der Waals surface area contributed by atoms with Gasteiger partial charge in [-0.15, -0.1) is 0 Å². The van der Waals surface area contributed by atoms with Crippen molar-refractivity contribution in [1.82, 2.24) is 4.90 Å². The third-order valence-electron chi connectivity index (χ3n) is 4.05. The molecule has 0 aliphatic rings. The Morgan fingerprint density at radius 3 is 2.41 bits per heavy atom. The molecule has 2 aromatic rings. The molecule has 1 aromatic carbocycles. The van der Waals surface area contributed by atoms with Gasteiger partial charge < -0.3 is 19.4 Å². The van der Waals surface area contributed by atoms with Gasteiger partial charge in [0.25, 0.3) is 5.91 Å². The lowest BCUT2D eigenvalue weighted by Gasteiger charge is -2.35. The topological polar surface area (TPSA) is 88.9 Å². The maximum Gasteiger partial charge on any atom is 0.306 e. The number of amides is 2. The first-order chi connectivity index (χ1) is 13.6. The minimum absolute atomic E-state index is 0.0847. The normalized spacial score (nSPS) is 11.0. The van der Waals surface area contributed by atoms with Crippen molar-refractivity contribution < 1.29 is 27.9 Å². The second-order valence-corrected chi connectivity index (χ2v) is 7.45. The predicted octanol–water partition coefficient (Wildman–Crippen LogP) is 3.16. The van der Waals surface area contributed by atoms with Crippen molar-refractivity contribution in [2.24, 2.45) is 0 Å². The van der Waals surface area contributed by atoms with E-state index in [1.54, 1.807) is 32.9 Å². The fraction of sp³-hybridized carbons (Fsp3) is 0.381. The van der Waals surface area contributed by atoms with Gasteiger partial charge in [-0.05, 0) is 57.2 Å². The monoisotopic (exact) mass is 404 g/mol. The van der Waals surface area contributed by atoms with Crippen LogP contribution in [0.5, 0.6) is 0 Å². The Morgan fingerprint density at radius 1 is 1.14 bits per heavy atom. The number of furan rings is 1. The molecule has 2 amide bonds. The third-order valence-corrected chi connectivity index (χ3v) is 4.05. The molecular weight excluding hydrogens is 379 g/mol. The number of hydrogen-bond acceptors (Lipinski definition) is 5. The summed E-state index contributed by atoms with van der Waals surface area (Å²) in [5.74, 6) is -1.22. The van der Waals surface area contributed by atoms with Crippen molar-refractivity contribution in [3.8, 4) is 0 Å². The maximum absolute atomic E-state index is 13.0. The predicted molar refractivity (Wildman–Crippen MR) is 104 cm³/mol. The van der Waals surface area contributed by atoms with Crippen LogP contribution in [0.15, 0.2) is 47.1 Å². The van der Waals surface area contributed by atoms with Gasteiger partial charge >= 0.3 is 5.97 Å². The van der Waals surface area contributed by atoms with Crippen molar-refractivity contribution in [1.29, 1.82) is 0 Å². The zero-order chi connectivity index (χ0) is 21.4. The van der Waals surface area contributed by atoms with Crippen molar-refractivity contribution in [2.75, 3.05) is 18.5 Å². The number of anilines is 1. The largest absolute Gasteiger partial charge is 0.469 e. The van der Waals surface area contributed by atoms with Gasteiger partial charge in [-0.3, -0.25) is 14.4 Å². The number of halogens is 1. The Bertz CT molecular complexity index is 826. The van der Waals surface area contributed by atoms with Crippen LogP contribution in [0, 0.1) is 5.82 Å². The summed E-state index contributed by atoms with van der Waals surface area (Å²) in [6, 6.07) is 8.78. The van der Waals surface area contributed by atoms with E-state index in [1.165, 1.54) is 35.4 Å². The van der Waals surface area contributed by atoms with Gasteiger partial charge in [0.1, 0.15) is 18.1 Å². The number of carbonyl (C=O) groups excluding carboxylic acids is 3. The zero-order valence-electron chi connectivity index (χ0n) is 16.7. The summed E-state index contributed by atoms with van der Waals surface area (Å²) >= 11 is 0. The van der Waals surface area contributed by atoms with E-state index in [0.717, 1.165) is 0 Å². The average Bonchev–Trinajstić information content (AvgIpc) is 3.17. The van der Waals surface area contributed by atoms with E-state index in [0.29, 0.717) is 17.9 Å². The van der Waals surface area contributed by atoms with Crippen LogP contribution in [0.25, 0.3) is 0 Å². The van der Waals surface area contributed by atoms with Gasteiger partial charge in [0, 0.05) is 17.6 Å². The summed E-state index contributed by atoms with van der Waals surface area (Å²) in [4.78, 5) is 38.1. The van der Waals surface area contributed by atoms with E-state index in [4.69, 9.17) is 9.15 Å². The van der Waals surface area contributed by atoms with Gasteiger partial charge in [0.15, 0.2) is 6.61 Å². The molecule has 0 unspecified atom stereocenters. The number of ether oxygens (including phenoxy) is 1.